The fourth-order valence-electron chi connectivity index (χ4n) is 8.84. The standard InChI is InChI=1S/C45H26S/c1-2-12-31-27(9-1)19-24-37-33-14-4-6-17-39(33)45(44(31)37)38-16-5-3-13-32(38)34-22-20-29(25-40(34)45)30-21-23-35-36-15-7-10-28-11-8-18-41(43(28)36)46-42(35)26-30/h1-26H. The molecule has 0 saturated heterocycles. The van der Waals surface area contributed by atoms with E-state index in [0.29, 0.717) is 0 Å². The van der Waals surface area contributed by atoms with Crippen molar-refractivity contribution in [2.24, 2.45) is 0 Å². The van der Waals surface area contributed by atoms with Crippen molar-refractivity contribution in [2.45, 2.75) is 15.2 Å². The monoisotopic (exact) mass is 598 g/mol. The van der Waals surface area contributed by atoms with Crippen molar-refractivity contribution < 1.29 is 0 Å². The average Bonchev–Trinajstić information content (AvgIpc) is 3.59. The van der Waals surface area contributed by atoms with Crippen molar-refractivity contribution in [1.82, 2.24) is 0 Å². The van der Waals surface area contributed by atoms with Gasteiger partial charge in [0.1, 0.15) is 0 Å². The lowest BCUT2D eigenvalue weighted by molar-refractivity contribution is 0.801. The average molecular weight is 599 g/mol. The Hall–Kier alpha value is -5.37. The first-order valence-electron chi connectivity index (χ1n) is 16.0. The summed E-state index contributed by atoms with van der Waals surface area (Å²) in [7, 11) is 0. The van der Waals surface area contributed by atoms with Crippen molar-refractivity contribution in [2.75, 3.05) is 0 Å². The van der Waals surface area contributed by atoms with Crippen molar-refractivity contribution >= 4 is 33.3 Å². The molecule has 0 nitrogen and oxygen atoms in total. The fraction of sp³-hybridized carbons (Fsp3) is 0.0222. The Morgan fingerprint density at radius 2 is 0.978 bits per heavy atom. The molecule has 0 amide bonds. The lowest BCUT2D eigenvalue weighted by atomic mass is 9.69. The zero-order valence-corrected chi connectivity index (χ0v) is 25.7. The maximum Gasteiger partial charge on any atom is 0.0731 e. The minimum Gasteiger partial charge on any atom is -0.0888 e. The molecule has 212 valence electrons. The van der Waals surface area contributed by atoms with Gasteiger partial charge in [-0.1, -0.05) is 151 Å². The molecule has 1 atom stereocenters. The molecule has 0 aromatic heterocycles. The van der Waals surface area contributed by atoms with Crippen LogP contribution in [0.1, 0.15) is 22.3 Å². The van der Waals surface area contributed by atoms with E-state index < -0.39 is 0 Å². The molecule has 46 heavy (non-hydrogen) atoms. The van der Waals surface area contributed by atoms with Gasteiger partial charge in [0.05, 0.1) is 5.41 Å². The Kier molecular flexibility index (Phi) is 4.80. The van der Waals surface area contributed by atoms with E-state index in [1.807, 2.05) is 11.8 Å². The molecule has 1 heteroatoms. The van der Waals surface area contributed by atoms with Gasteiger partial charge in [-0.3, -0.25) is 0 Å². The minimum atomic E-state index is -0.383. The second-order valence-corrected chi connectivity index (χ2v) is 13.9. The van der Waals surface area contributed by atoms with Crippen molar-refractivity contribution in [3.8, 4) is 44.5 Å². The first kappa shape index (κ1) is 24.9. The molecule has 1 spiro atoms. The van der Waals surface area contributed by atoms with Gasteiger partial charge < -0.3 is 0 Å². The van der Waals surface area contributed by atoms with E-state index >= 15 is 0 Å². The highest BCUT2D eigenvalue weighted by Gasteiger charge is 2.52. The van der Waals surface area contributed by atoms with Crippen LogP contribution in [0, 0.1) is 0 Å². The van der Waals surface area contributed by atoms with Crippen LogP contribution >= 0.6 is 11.8 Å². The molecule has 1 aliphatic heterocycles. The second kappa shape index (κ2) is 8.88. The largest absolute Gasteiger partial charge is 0.0888 e. The molecule has 0 fully saturated rings. The number of hydrogen-bond acceptors (Lipinski definition) is 1. The van der Waals surface area contributed by atoms with Gasteiger partial charge >= 0.3 is 0 Å². The number of benzene rings is 8. The first-order chi connectivity index (χ1) is 22.8. The van der Waals surface area contributed by atoms with Crippen LogP contribution in [-0.4, -0.2) is 0 Å². The van der Waals surface area contributed by atoms with Crippen molar-refractivity contribution in [3.05, 3.63) is 180 Å². The third-order valence-electron chi connectivity index (χ3n) is 10.7. The Labute approximate surface area is 272 Å². The van der Waals surface area contributed by atoms with Gasteiger partial charge in [0, 0.05) is 15.2 Å². The Morgan fingerprint density at radius 1 is 0.370 bits per heavy atom. The summed E-state index contributed by atoms with van der Waals surface area (Å²) in [6, 6.07) is 59.5. The summed E-state index contributed by atoms with van der Waals surface area (Å²) in [6.45, 7) is 0. The van der Waals surface area contributed by atoms with Gasteiger partial charge in [0.2, 0.25) is 0 Å². The molecule has 1 heterocycles. The maximum absolute atomic E-state index is 2.51. The molecule has 3 aliphatic rings. The lowest BCUT2D eigenvalue weighted by Crippen LogP contribution is -2.26. The van der Waals surface area contributed by atoms with E-state index in [9.17, 15) is 0 Å². The Bertz CT molecular complexity index is 2610. The summed E-state index contributed by atoms with van der Waals surface area (Å²) < 4.78 is 0. The fourth-order valence-corrected chi connectivity index (χ4v) is 10.0. The van der Waals surface area contributed by atoms with Gasteiger partial charge in [-0.15, -0.1) is 0 Å². The number of rotatable bonds is 1. The second-order valence-electron chi connectivity index (χ2n) is 12.8. The van der Waals surface area contributed by atoms with Crippen LogP contribution in [0.3, 0.4) is 0 Å². The highest BCUT2D eigenvalue weighted by atomic mass is 32.2. The molecule has 11 rings (SSSR count). The van der Waals surface area contributed by atoms with Gasteiger partial charge in [-0.05, 0) is 101 Å². The van der Waals surface area contributed by atoms with Crippen LogP contribution in [-0.2, 0) is 5.41 Å². The summed E-state index contributed by atoms with van der Waals surface area (Å²) in [6.07, 6.45) is 0. The normalized spacial score (nSPS) is 16.3. The minimum absolute atomic E-state index is 0.383. The van der Waals surface area contributed by atoms with E-state index in [2.05, 4.69) is 158 Å². The molecular formula is C45H26S. The molecule has 0 radical (unpaired) electrons. The summed E-state index contributed by atoms with van der Waals surface area (Å²) in [5, 5.41) is 5.31. The molecule has 8 aromatic carbocycles. The first-order valence-corrected chi connectivity index (χ1v) is 16.8. The molecule has 0 saturated carbocycles. The van der Waals surface area contributed by atoms with E-state index in [1.54, 1.807) is 0 Å². The third kappa shape index (κ3) is 3.02. The molecular weight excluding hydrogens is 573 g/mol. The molecule has 2 aliphatic carbocycles. The van der Waals surface area contributed by atoms with E-state index in [-0.39, 0.29) is 5.41 Å². The van der Waals surface area contributed by atoms with Crippen LogP contribution in [0.4, 0.5) is 0 Å². The summed E-state index contributed by atoms with van der Waals surface area (Å²) in [5.41, 5.74) is 15.7. The third-order valence-corrected chi connectivity index (χ3v) is 11.8. The highest BCUT2D eigenvalue weighted by molar-refractivity contribution is 7.99. The highest BCUT2D eigenvalue weighted by Crippen LogP contribution is 2.64. The predicted octanol–water partition coefficient (Wildman–Crippen LogP) is 12.1. The van der Waals surface area contributed by atoms with E-state index in [1.165, 1.54) is 98.1 Å². The quantitative estimate of drug-likeness (QED) is 0.181. The van der Waals surface area contributed by atoms with Crippen LogP contribution in [0.15, 0.2) is 168 Å². The SMILES string of the molecule is c1ccc2c(c1)-c1ccc(-c3ccc4c(c3)Sc3cccc5cccc-4c35)cc1C21c2ccccc2-c2ccc3ccccc3c21. The van der Waals surface area contributed by atoms with Gasteiger partial charge in [-0.25, -0.2) is 0 Å². The smallest absolute Gasteiger partial charge is 0.0731 e. The summed E-state index contributed by atoms with van der Waals surface area (Å²) in [5.74, 6) is 0. The van der Waals surface area contributed by atoms with E-state index in [0.717, 1.165) is 0 Å². The molecule has 0 bridgehead atoms. The van der Waals surface area contributed by atoms with Crippen LogP contribution in [0.25, 0.3) is 66.1 Å². The topological polar surface area (TPSA) is 0 Å². The maximum atomic E-state index is 2.51. The number of hydrogen-bond donors (Lipinski definition) is 0. The molecule has 1 unspecified atom stereocenters. The lowest BCUT2D eigenvalue weighted by Gasteiger charge is -2.31. The van der Waals surface area contributed by atoms with Gasteiger partial charge in [-0.2, -0.15) is 0 Å². The Morgan fingerprint density at radius 3 is 1.83 bits per heavy atom. The van der Waals surface area contributed by atoms with Gasteiger partial charge in [0.15, 0.2) is 0 Å². The van der Waals surface area contributed by atoms with Crippen LogP contribution in [0.2, 0.25) is 0 Å². The molecule has 0 N–H and O–H groups in total. The number of fused-ring (bicyclic) bond motifs is 14. The van der Waals surface area contributed by atoms with E-state index in [4.69, 9.17) is 0 Å². The summed E-state index contributed by atoms with van der Waals surface area (Å²) >= 11 is 1.90. The predicted molar refractivity (Wildman–Crippen MR) is 193 cm³/mol. The summed E-state index contributed by atoms with van der Waals surface area (Å²) in [4.78, 5) is 2.66. The van der Waals surface area contributed by atoms with Crippen molar-refractivity contribution in [3.63, 3.8) is 0 Å². The molecule has 8 aromatic rings. The van der Waals surface area contributed by atoms with Crippen LogP contribution < -0.4 is 0 Å². The Balaban J connectivity index is 1.18. The van der Waals surface area contributed by atoms with Crippen LogP contribution in [0.5, 0.6) is 0 Å². The van der Waals surface area contributed by atoms with Crippen molar-refractivity contribution in [1.29, 1.82) is 0 Å². The zero-order valence-electron chi connectivity index (χ0n) is 24.9. The van der Waals surface area contributed by atoms with Gasteiger partial charge in [0.25, 0.3) is 0 Å². The zero-order chi connectivity index (χ0) is 30.0.